The first-order chi connectivity index (χ1) is 8.43. The second-order valence-electron chi connectivity index (χ2n) is 4.21. The molecule has 0 aliphatic rings. The van der Waals surface area contributed by atoms with Gasteiger partial charge in [-0.2, -0.15) is 0 Å². The van der Waals surface area contributed by atoms with Crippen molar-refractivity contribution in [2.24, 2.45) is 0 Å². The lowest BCUT2D eigenvalue weighted by Gasteiger charge is -2.13. The van der Waals surface area contributed by atoms with Crippen LogP contribution in [0.5, 0.6) is 0 Å². The van der Waals surface area contributed by atoms with E-state index in [0.717, 1.165) is 12.0 Å². The molecular weight excluding hydrogens is 255 g/mol. The smallest absolute Gasteiger partial charge is 0.212 e. The van der Waals surface area contributed by atoms with Gasteiger partial charge >= 0.3 is 0 Å². The van der Waals surface area contributed by atoms with E-state index in [4.69, 9.17) is 0 Å². The summed E-state index contributed by atoms with van der Waals surface area (Å²) < 4.78 is 37.3. The molecule has 0 spiro atoms. The number of benzene rings is 1. The topological polar surface area (TPSA) is 58.2 Å². The Labute approximate surface area is 108 Å². The van der Waals surface area contributed by atoms with E-state index in [1.54, 1.807) is 12.1 Å². The molecule has 1 aromatic rings. The minimum absolute atomic E-state index is 0.0528. The van der Waals surface area contributed by atoms with Gasteiger partial charge in [-0.25, -0.2) is 17.5 Å². The van der Waals surface area contributed by atoms with Crippen LogP contribution in [-0.2, 0) is 16.4 Å². The molecule has 0 bridgehead atoms. The van der Waals surface area contributed by atoms with Crippen LogP contribution < -0.4 is 10.0 Å². The third-order valence-electron chi connectivity index (χ3n) is 2.63. The van der Waals surface area contributed by atoms with Crippen molar-refractivity contribution in [2.45, 2.75) is 19.4 Å². The van der Waals surface area contributed by atoms with E-state index in [1.807, 2.05) is 6.92 Å². The Bertz CT molecular complexity index is 459. The van der Waals surface area contributed by atoms with Gasteiger partial charge in [0.1, 0.15) is 5.82 Å². The lowest BCUT2D eigenvalue weighted by atomic mass is 10.1. The summed E-state index contributed by atoms with van der Waals surface area (Å²) >= 11 is 0. The molecule has 1 aromatic carbocycles. The van der Waals surface area contributed by atoms with Gasteiger partial charge in [-0.3, -0.25) is 0 Å². The molecule has 1 rings (SSSR count). The molecule has 0 radical (unpaired) electrons. The summed E-state index contributed by atoms with van der Waals surface area (Å²) in [5.41, 5.74) is 1.02. The maximum atomic E-state index is 12.7. The van der Waals surface area contributed by atoms with E-state index in [0.29, 0.717) is 6.54 Å². The average molecular weight is 274 g/mol. The van der Waals surface area contributed by atoms with Gasteiger partial charge in [0, 0.05) is 12.6 Å². The van der Waals surface area contributed by atoms with E-state index >= 15 is 0 Å². The van der Waals surface area contributed by atoms with Crippen molar-refractivity contribution in [1.82, 2.24) is 10.0 Å². The standard InChI is InChI=1S/C12H19FN2O2S/c1-10(15-7-8-18(16,17)14-2)9-11-3-5-12(13)6-4-11/h3-6,10,14-15H,7-9H2,1-2H3. The zero-order valence-electron chi connectivity index (χ0n) is 10.6. The first-order valence-electron chi connectivity index (χ1n) is 5.82. The molecule has 0 heterocycles. The largest absolute Gasteiger partial charge is 0.313 e. The van der Waals surface area contributed by atoms with Crippen LogP contribution in [0.25, 0.3) is 0 Å². The average Bonchev–Trinajstić information content (AvgIpc) is 2.32. The zero-order chi connectivity index (χ0) is 13.6. The zero-order valence-corrected chi connectivity index (χ0v) is 11.4. The van der Waals surface area contributed by atoms with Gasteiger partial charge in [0.15, 0.2) is 0 Å². The molecule has 0 saturated heterocycles. The van der Waals surface area contributed by atoms with Crippen LogP contribution in [0.2, 0.25) is 0 Å². The van der Waals surface area contributed by atoms with Gasteiger partial charge in [-0.05, 0) is 38.1 Å². The monoisotopic (exact) mass is 274 g/mol. The van der Waals surface area contributed by atoms with Crippen molar-refractivity contribution in [3.63, 3.8) is 0 Å². The van der Waals surface area contributed by atoms with Crippen molar-refractivity contribution in [2.75, 3.05) is 19.3 Å². The molecule has 0 aliphatic heterocycles. The van der Waals surface area contributed by atoms with E-state index in [2.05, 4.69) is 10.0 Å². The fourth-order valence-electron chi connectivity index (χ4n) is 1.59. The van der Waals surface area contributed by atoms with Gasteiger partial charge in [0.25, 0.3) is 0 Å². The minimum Gasteiger partial charge on any atom is -0.313 e. The number of hydrogen-bond donors (Lipinski definition) is 2. The van der Waals surface area contributed by atoms with Gasteiger partial charge < -0.3 is 5.32 Å². The van der Waals surface area contributed by atoms with E-state index < -0.39 is 10.0 Å². The third-order valence-corrected chi connectivity index (χ3v) is 3.99. The number of sulfonamides is 1. The summed E-state index contributed by atoms with van der Waals surface area (Å²) in [6.07, 6.45) is 0.736. The maximum absolute atomic E-state index is 12.7. The normalized spacial score (nSPS) is 13.5. The van der Waals surface area contributed by atoms with Gasteiger partial charge in [0.2, 0.25) is 10.0 Å². The summed E-state index contributed by atoms with van der Waals surface area (Å²) in [4.78, 5) is 0. The predicted octanol–water partition coefficient (Wildman–Crippen LogP) is 0.895. The van der Waals surface area contributed by atoms with Crippen LogP contribution in [0.4, 0.5) is 4.39 Å². The summed E-state index contributed by atoms with van der Waals surface area (Å²) in [5.74, 6) is -0.198. The molecule has 102 valence electrons. The van der Waals surface area contributed by atoms with E-state index in [9.17, 15) is 12.8 Å². The molecule has 0 amide bonds. The Morgan fingerprint density at radius 2 is 1.89 bits per heavy atom. The molecule has 0 aromatic heterocycles. The Kier molecular flexibility index (Phi) is 5.71. The van der Waals surface area contributed by atoms with Gasteiger partial charge in [0.05, 0.1) is 5.75 Å². The molecular formula is C12H19FN2O2S. The van der Waals surface area contributed by atoms with Gasteiger partial charge in [-0.1, -0.05) is 12.1 Å². The van der Waals surface area contributed by atoms with Crippen LogP contribution in [0.15, 0.2) is 24.3 Å². The van der Waals surface area contributed by atoms with Crippen LogP contribution in [0.3, 0.4) is 0 Å². The molecule has 0 saturated carbocycles. The first kappa shape index (κ1) is 15.1. The van der Waals surface area contributed by atoms with Crippen LogP contribution in [0.1, 0.15) is 12.5 Å². The van der Waals surface area contributed by atoms with E-state index in [1.165, 1.54) is 19.2 Å². The number of rotatable bonds is 7. The van der Waals surface area contributed by atoms with Crippen molar-refractivity contribution in [3.05, 3.63) is 35.6 Å². The molecule has 18 heavy (non-hydrogen) atoms. The van der Waals surface area contributed by atoms with Crippen molar-refractivity contribution in [1.29, 1.82) is 0 Å². The SMILES string of the molecule is CNS(=O)(=O)CCNC(C)Cc1ccc(F)cc1. The molecule has 0 aliphatic carbocycles. The highest BCUT2D eigenvalue weighted by Crippen LogP contribution is 2.05. The van der Waals surface area contributed by atoms with Crippen LogP contribution in [0, 0.1) is 5.82 Å². The van der Waals surface area contributed by atoms with E-state index in [-0.39, 0.29) is 17.6 Å². The summed E-state index contributed by atoms with van der Waals surface area (Å²) in [5, 5.41) is 3.12. The van der Waals surface area contributed by atoms with Crippen molar-refractivity contribution < 1.29 is 12.8 Å². The molecule has 4 nitrogen and oxygen atoms in total. The number of halogens is 1. The summed E-state index contributed by atoms with van der Waals surface area (Å²) in [6, 6.07) is 6.46. The second-order valence-corrected chi connectivity index (χ2v) is 6.25. The van der Waals surface area contributed by atoms with Crippen LogP contribution in [-0.4, -0.2) is 33.8 Å². The van der Waals surface area contributed by atoms with Crippen molar-refractivity contribution >= 4 is 10.0 Å². The second kappa shape index (κ2) is 6.82. The highest BCUT2D eigenvalue weighted by molar-refractivity contribution is 7.89. The third kappa shape index (κ3) is 5.57. The molecule has 1 unspecified atom stereocenters. The maximum Gasteiger partial charge on any atom is 0.212 e. The van der Waals surface area contributed by atoms with Gasteiger partial charge in [-0.15, -0.1) is 0 Å². The summed E-state index contributed by atoms with van der Waals surface area (Å²) in [7, 11) is -1.76. The quantitative estimate of drug-likeness (QED) is 0.776. The Morgan fingerprint density at radius 1 is 1.28 bits per heavy atom. The fourth-order valence-corrected chi connectivity index (χ4v) is 2.18. The Balaban J connectivity index is 2.34. The Morgan fingerprint density at radius 3 is 2.44 bits per heavy atom. The first-order valence-corrected chi connectivity index (χ1v) is 7.47. The lowest BCUT2D eigenvalue weighted by Crippen LogP contribution is -2.35. The number of nitrogens with one attached hydrogen (secondary N) is 2. The molecule has 1 atom stereocenters. The highest BCUT2D eigenvalue weighted by Gasteiger charge is 2.08. The highest BCUT2D eigenvalue weighted by atomic mass is 32.2. The molecule has 6 heteroatoms. The van der Waals surface area contributed by atoms with Crippen molar-refractivity contribution in [3.8, 4) is 0 Å². The Hall–Kier alpha value is -0.980. The fraction of sp³-hybridized carbons (Fsp3) is 0.500. The predicted molar refractivity (Wildman–Crippen MR) is 70.4 cm³/mol. The lowest BCUT2D eigenvalue weighted by molar-refractivity contribution is 0.550. The molecule has 2 N–H and O–H groups in total. The van der Waals surface area contributed by atoms with Crippen LogP contribution >= 0.6 is 0 Å². The summed E-state index contributed by atoms with van der Waals surface area (Å²) in [6.45, 7) is 2.36. The molecule has 0 fully saturated rings. The minimum atomic E-state index is -3.16. The number of hydrogen-bond acceptors (Lipinski definition) is 3.